The number of carbonyl (C=O) groups excluding carboxylic acids is 1. The maximum absolute atomic E-state index is 11.7. The number of amides is 1. The van der Waals surface area contributed by atoms with E-state index in [1.165, 1.54) is 0 Å². The van der Waals surface area contributed by atoms with E-state index in [0.29, 0.717) is 6.42 Å². The Morgan fingerprint density at radius 3 is 2.63 bits per heavy atom. The Morgan fingerprint density at radius 2 is 1.95 bits per heavy atom. The van der Waals surface area contributed by atoms with Crippen molar-refractivity contribution in [2.45, 2.75) is 25.7 Å². The summed E-state index contributed by atoms with van der Waals surface area (Å²) in [6.07, 6.45) is 3.71. The van der Waals surface area contributed by atoms with Crippen molar-refractivity contribution < 1.29 is 14.3 Å². The molecule has 0 aromatic heterocycles. The Labute approximate surface area is 114 Å². The minimum Gasteiger partial charge on any atom is -0.493 e. The minimum absolute atomic E-state index is 0.284. The van der Waals surface area contributed by atoms with Gasteiger partial charge in [-0.25, -0.2) is 0 Å². The number of hydrogen-bond donors (Lipinski definition) is 0. The summed E-state index contributed by atoms with van der Waals surface area (Å²) in [5.41, 5.74) is 1.16. The number of piperidine rings is 1. The summed E-state index contributed by atoms with van der Waals surface area (Å²) < 4.78 is 10.5. The smallest absolute Gasteiger partial charge is 0.222 e. The van der Waals surface area contributed by atoms with Gasteiger partial charge in [-0.15, -0.1) is 0 Å². The van der Waals surface area contributed by atoms with Crippen LogP contribution in [0.5, 0.6) is 11.5 Å². The highest BCUT2D eigenvalue weighted by atomic mass is 16.5. The highest BCUT2D eigenvalue weighted by Gasteiger charge is 2.17. The second kappa shape index (κ2) is 6.45. The van der Waals surface area contributed by atoms with Crippen molar-refractivity contribution >= 4 is 5.91 Å². The second-order valence-corrected chi connectivity index (χ2v) is 4.78. The zero-order valence-electron chi connectivity index (χ0n) is 11.6. The molecule has 104 valence electrons. The lowest BCUT2D eigenvalue weighted by Gasteiger charge is -2.26. The number of likely N-dealkylation sites (tertiary alicyclic amines) is 1. The molecule has 1 aliphatic heterocycles. The van der Waals surface area contributed by atoms with Crippen LogP contribution in [0.2, 0.25) is 0 Å². The molecule has 0 atom stereocenters. The molecule has 0 unspecified atom stereocenters. The predicted molar refractivity (Wildman–Crippen MR) is 73.7 cm³/mol. The SMILES string of the molecule is COc1ccc(CCN2CCCCC2=O)cc1OC. The van der Waals surface area contributed by atoms with E-state index in [9.17, 15) is 4.79 Å². The van der Waals surface area contributed by atoms with Crippen LogP contribution >= 0.6 is 0 Å². The van der Waals surface area contributed by atoms with Crippen molar-refractivity contribution in [3.63, 3.8) is 0 Å². The van der Waals surface area contributed by atoms with Gasteiger partial charge in [-0.1, -0.05) is 6.07 Å². The largest absolute Gasteiger partial charge is 0.493 e. The zero-order valence-corrected chi connectivity index (χ0v) is 11.6. The van der Waals surface area contributed by atoms with E-state index in [-0.39, 0.29) is 5.91 Å². The van der Waals surface area contributed by atoms with E-state index < -0.39 is 0 Å². The topological polar surface area (TPSA) is 38.8 Å². The molecule has 0 radical (unpaired) electrons. The normalized spacial score (nSPS) is 15.5. The third-order valence-corrected chi connectivity index (χ3v) is 3.54. The van der Waals surface area contributed by atoms with E-state index >= 15 is 0 Å². The molecule has 1 amide bonds. The van der Waals surface area contributed by atoms with Gasteiger partial charge in [0.25, 0.3) is 0 Å². The lowest BCUT2D eigenvalue weighted by Crippen LogP contribution is -2.36. The minimum atomic E-state index is 0.284. The maximum atomic E-state index is 11.7. The Hall–Kier alpha value is -1.71. The van der Waals surface area contributed by atoms with E-state index in [0.717, 1.165) is 49.4 Å². The number of ether oxygens (including phenoxy) is 2. The summed E-state index contributed by atoms with van der Waals surface area (Å²) in [4.78, 5) is 13.7. The third-order valence-electron chi connectivity index (χ3n) is 3.54. The summed E-state index contributed by atoms with van der Waals surface area (Å²) in [6, 6.07) is 5.91. The van der Waals surface area contributed by atoms with Crippen molar-refractivity contribution in [1.29, 1.82) is 0 Å². The van der Waals surface area contributed by atoms with Gasteiger partial charge in [0.2, 0.25) is 5.91 Å². The van der Waals surface area contributed by atoms with Crippen LogP contribution in [0, 0.1) is 0 Å². The quantitative estimate of drug-likeness (QED) is 0.818. The summed E-state index contributed by atoms with van der Waals surface area (Å²) in [7, 11) is 3.26. The first-order valence-corrected chi connectivity index (χ1v) is 6.73. The number of hydrogen-bond acceptors (Lipinski definition) is 3. The van der Waals surface area contributed by atoms with Crippen LogP contribution in [-0.4, -0.2) is 38.1 Å². The lowest BCUT2D eigenvalue weighted by molar-refractivity contribution is -0.133. The highest BCUT2D eigenvalue weighted by molar-refractivity contribution is 5.76. The molecule has 4 nitrogen and oxygen atoms in total. The van der Waals surface area contributed by atoms with Crippen molar-refractivity contribution in [1.82, 2.24) is 4.90 Å². The fourth-order valence-electron chi connectivity index (χ4n) is 2.40. The Bertz CT molecular complexity index is 445. The first-order chi connectivity index (χ1) is 9.24. The van der Waals surface area contributed by atoms with Crippen LogP contribution in [0.15, 0.2) is 18.2 Å². The van der Waals surface area contributed by atoms with E-state index in [2.05, 4.69) is 0 Å². The Morgan fingerprint density at radius 1 is 1.16 bits per heavy atom. The molecule has 0 aliphatic carbocycles. The second-order valence-electron chi connectivity index (χ2n) is 4.78. The molecule has 1 aromatic carbocycles. The van der Waals surface area contributed by atoms with Gasteiger partial charge in [0, 0.05) is 19.5 Å². The predicted octanol–water partition coefficient (Wildman–Crippen LogP) is 2.26. The zero-order chi connectivity index (χ0) is 13.7. The van der Waals surface area contributed by atoms with Crippen molar-refractivity contribution in [3.8, 4) is 11.5 Å². The molecular weight excluding hydrogens is 242 g/mol. The number of methoxy groups -OCH3 is 2. The van der Waals surface area contributed by atoms with Crippen LogP contribution in [-0.2, 0) is 11.2 Å². The van der Waals surface area contributed by atoms with Crippen molar-refractivity contribution in [2.24, 2.45) is 0 Å². The van der Waals surface area contributed by atoms with Crippen molar-refractivity contribution in [3.05, 3.63) is 23.8 Å². The Balaban J connectivity index is 1.97. The van der Waals surface area contributed by atoms with Crippen LogP contribution in [0.4, 0.5) is 0 Å². The van der Waals surface area contributed by atoms with Crippen LogP contribution in [0.1, 0.15) is 24.8 Å². The lowest BCUT2D eigenvalue weighted by atomic mass is 10.1. The standard InChI is InChI=1S/C15H21NO3/c1-18-13-7-6-12(11-14(13)19-2)8-10-16-9-4-3-5-15(16)17/h6-7,11H,3-5,8-10H2,1-2H3. The van der Waals surface area contributed by atoms with Gasteiger partial charge < -0.3 is 14.4 Å². The molecule has 1 aliphatic rings. The number of carbonyl (C=O) groups is 1. The summed E-state index contributed by atoms with van der Waals surface area (Å²) >= 11 is 0. The van der Waals surface area contributed by atoms with E-state index in [1.807, 2.05) is 23.1 Å². The van der Waals surface area contributed by atoms with Gasteiger partial charge in [-0.05, 0) is 37.0 Å². The summed E-state index contributed by atoms with van der Waals surface area (Å²) in [6.45, 7) is 1.68. The van der Waals surface area contributed by atoms with Crippen LogP contribution in [0.3, 0.4) is 0 Å². The van der Waals surface area contributed by atoms with Gasteiger partial charge >= 0.3 is 0 Å². The molecule has 0 saturated carbocycles. The number of benzene rings is 1. The average Bonchev–Trinajstić information content (AvgIpc) is 2.46. The summed E-state index contributed by atoms with van der Waals surface area (Å²) in [5, 5.41) is 0. The van der Waals surface area contributed by atoms with E-state index in [4.69, 9.17) is 9.47 Å². The van der Waals surface area contributed by atoms with Crippen molar-refractivity contribution in [2.75, 3.05) is 27.3 Å². The molecule has 0 bridgehead atoms. The maximum Gasteiger partial charge on any atom is 0.222 e. The fraction of sp³-hybridized carbons (Fsp3) is 0.533. The first-order valence-electron chi connectivity index (χ1n) is 6.73. The van der Waals surface area contributed by atoms with Gasteiger partial charge in [-0.2, -0.15) is 0 Å². The molecule has 19 heavy (non-hydrogen) atoms. The highest BCUT2D eigenvalue weighted by Crippen LogP contribution is 2.27. The molecule has 1 aromatic rings. The monoisotopic (exact) mass is 263 g/mol. The van der Waals surface area contributed by atoms with Crippen LogP contribution < -0.4 is 9.47 Å². The molecule has 4 heteroatoms. The Kier molecular flexibility index (Phi) is 4.66. The van der Waals surface area contributed by atoms with Gasteiger partial charge in [0.15, 0.2) is 11.5 Å². The number of rotatable bonds is 5. The molecule has 1 fully saturated rings. The third kappa shape index (κ3) is 3.40. The van der Waals surface area contributed by atoms with Crippen LogP contribution in [0.25, 0.3) is 0 Å². The van der Waals surface area contributed by atoms with Gasteiger partial charge in [-0.3, -0.25) is 4.79 Å². The average molecular weight is 263 g/mol. The fourth-order valence-corrected chi connectivity index (χ4v) is 2.40. The molecule has 2 rings (SSSR count). The number of nitrogens with zero attached hydrogens (tertiary/aromatic N) is 1. The van der Waals surface area contributed by atoms with E-state index in [1.54, 1.807) is 14.2 Å². The molecule has 0 spiro atoms. The van der Waals surface area contributed by atoms with Gasteiger partial charge in [0.1, 0.15) is 0 Å². The molecular formula is C15H21NO3. The first kappa shape index (κ1) is 13.7. The molecule has 1 saturated heterocycles. The molecule has 1 heterocycles. The van der Waals surface area contributed by atoms with Gasteiger partial charge in [0.05, 0.1) is 14.2 Å². The molecule has 0 N–H and O–H groups in total. The summed E-state index contributed by atoms with van der Waals surface area (Å²) in [5.74, 6) is 1.76.